The molecule has 7 atom stereocenters. The molecular formula is C34H28ClN3O6S2. The number of rotatable bonds is 7. The van der Waals surface area contributed by atoms with Gasteiger partial charge in [-0.1, -0.05) is 35.1 Å². The number of carbonyl (C=O) groups is 3. The molecule has 4 aliphatic rings. The monoisotopic (exact) mass is 673 g/mol. The summed E-state index contributed by atoms with van der Waals surface area (Å²) in [5.41, 5.74) is 2.21. The highest BCUT2D eigenvalue weighted by Crippen LogP contribution is 2.68. The molecule has 0 radical (unpaired) electrons. The maximum Gasteiger partial charge on any atom is 0.305 e. The van der Waals surface area contributed by atoms with E-state index >= 15 is 0 Å². The zero-order chi connectivity index (χ0) is 31.7. The molecule has 2 saturated carbocycles. The molecule has 8 rings (SSSR count). The van der Waals surface area contributed by atoms with Crippen molar-refractivity contribution in [2.75, 3.05) is 23.9 Å². The second kappa shape index (κ2) is 11.3. The van der Waals surface area contributed by atoms with Crippen molar-refractivity contribution in [2.45, 2.75) is 22.6 Å². The van der Waals surface area contributed by atoms with Crippen LogP contribution >= 0.6 is 34.7 Å². The van der Waals surface area contributed by atoms with Crippen LogP contribution in [-0.2, 0) is 14.4 Å². The standard InChI is InChI=1S/C34H28ClN3O6S2/c1-43-20-12-6-18(7-13-20)36-24(39)15-44-21-10-2-16(3-11-21)25-26-22-14-23(29(26)45-31-30(25)46-34(42)37-31)28-27(22)32(40)38(33(28)41)19-8-4-17(35)5-9-19/h2-13,22-23,25-29H,14-15H2,1H3,(H,36,39)(H,37,42)/t22-,23-,25-,26?,27?,28?,29?/m1/s1. The minimum Gasteiger partial charge on any atom is -0.497 e. The van der Waals surface area contributed by atoms with Crippen molar-refractivity contribution in [3.63, 3.8) is 0 Å². The van der Waals surface area contributed by atoms with E-state index in [-0.39, 0.29) is 70.0 Å². The lowest BCUT2D eigenvalue weighted by Gasteiger charge is -2.43. The maximum atomic E-state index is 13.9. The summed E-state index contributed by atoms with van der Waals surface area (Å²) in [5, 5.41) is 4.30. The Morgan fingerprint density at radius 2 is 1.61 bits per heavy atom. The number of aromatic nitrogens is 1. The van der Waals surface area contributed by atoms with E-state index in [2.05, 4.69) is 10.3 Å². The fourth-order valence-electron chi connectivity index (χ4n) is 8.03. The van der Waals surface area contributed by atoms with E-state index in [1.54, 1.807) is 67.4 Å². The van der Waals surface area contributed by atoms with Crippen LogP contribution in [0.15, 0.2) is 82.6 Å². The number of methoxy groups -OCH3 is 1. The number of carbonyl (C=O) groups excluding carboxylic acids is 3. The first-order valence-corrected chi connectivity index (χ1v) is 17.1. The van der Waals surface area contributed by atoms with Crippen molar-refractivity contribution in [2.24, 2.45) is 29.6 Å². The van der Waals surface area contributed by atoms with Crippen LogP contribution in [0, 0.1) is 29.6 Å². The molecule has 234 valence electrons. The molecule has 4 unspecified atom stereocenters. The van der Waals surface area contributed by atoms with E-state index in [1.807, 2.05) is 24.3 Å². The summed E-state index contributed by atoms with van der Waals surface area (Å²) in [7, 11) is 1.58. The third kappa shape index (κ3) is 4.75. The van der Waals surface area contributed by atoms with Crippen LogP contribution in [0.5, 0.6) is 11.5 Å². The van der Waals surface area contributed by atoms with Gasteiger partial charge >= 0.3 is 4.87 Å². The SMILES string of the molecule is COc1ccc(NC(=O)COc2ccc([C@H]3c4sc(=O)[nH]c4SC4C3[C@H]3C[C@@H]4C4C(=O)N(c5ccc(Cl)cc5)C(=O)C43)cc2)cc1. The number of fused-ring (bicyclic) bond motifs is 9. The molecular weight excluding hydrogens is 646 g/mol. The zero-order valence-electron chi connectivity index (χ0n) is 24.5. The number of nitrogens with zero attached hydrogens (tertiary/aromatic N) is 1. The Morgan fingerprint density at radius 1 is 0.935 bits per heavy atom. The number of amides is 3. The lowest BCUT2D eigenvalue weighted by Crippen LogP contribution is -2.42. The van der Waals surface area contributed by atoms with Gasteiger partial charge in [-0.25, -0.2) is 0 Å². The van der Waals surface area contributed by atoms with Crippen LogP contribution in [0.4, 0.5) is 11.4 Å². The number of benzene rings is 3. The Labute approximate surface area is 277 Å². The average Bonchev–Trinajstić information content (AvgIpc) is 3.80. The minimum atomic E-state index is -0.387. The Balaban J connectivity index is 1.04. The molecule has 9 nitrogen and oxygen atoms in total. The highest BCUT2D eigenvalue weighted by Gasteiger charge is 2.69. The van der Waals surface area contributed by atoms with Gasteiger partial charge in [-0.15, -0.1) is 11.8 Å². The normalized spacial score (nSPS) is 27.3. The number of anilines is 2. The average molecular weight is 674 g/mol. The highest BCUT2D eigenvalue weighted by atomic mass is 35.5. The van der Waals surface area contributed by atoms with Crippen molar-refractivity contribution in [1.82, 2.24) is 4.98 Å². The molecule has 4 aromatic rings. The molecule has 2 bridgehead atoms. The number of nitrogens with one attached hydrogen (secondary N) is 2. The Bertz CT molecular complexity index is 1910. The first kappa shape index (κ1) is 29.3. The van der Waals surface area contributed by atoms with Crippen LogP contribution in [0.3, 0.4) is 0 Å². The van der Waals surface area contributed by atoms with Crippen LogP contribution in [0.25, 0.3) is 0 Å². The van der Waals surface area contributed by atoms with E-state index in [1.165, 1.54) is 16.2 Å². The molecule has 1 aromatic heterocycles. The maximum absolute atomic E-state index is 13.9. The molecule has 3 amide bonds. The van der Waals surface area contributed by atoms with Gasteiger partial charge < -0.3 is 19.8 Å². The fraction of sp³-hybridized carbons (Fsp3) is 0.294. The number of thiazole rings is 1. The molecule has 2 aliphatic heterocycles. The van der Waals surface area contributed by atoms with Crippen LogP contribution in [-0.4, -0.2) is 41.7 Å². The number of hydrogen-bond acceptors (Lipinski definition) is 8. The number of thioether (sulfide) groups is 1. The van der Waals surface area contributed by atoms with Gasteiger partial charge in [0.25, 0.3) is 5.91 Å². The van der Waals surface area contributed by atoms with Gasteiger partial charge in [0.15, 0.2) is 6.61 Å². The number of ether oxygens (including phenoxy) is 2. The van der Waals surface area contributed by atoms with Crippen LogP contribution in [0.2, 0.25) is 5.02 Å². The topological polar surface area (TPSA) is 118 Å². The van der Waals surface area contributed by atoms with Gasteiger partial charge in [0.05, 0.1) is 29.7 Å². The molecule has 2 aliphatic carbocycles. The molecule has 3 fully saturated rings. The predicted octanol–water partition coefficient (Wildman–Crippen LogP) is 5.79. The number of aromatic amines is 1. The molecule has 3 heterocycles. The fourth-order valence-corrected chi connectivity index (χ4v) is 11.0. The summed E-state index contributed by atoms with van der Waals surface area (Å²) in [5.74, 6) is -0.0666. The molecule has 0 spiro atoms. The second-order valence-electron chi connectivity index (χ2n) is 12.1. The van der Waals surface area contributed by atoms with Gasteiger partial charge in [0.2, 0.25) is 11.8 Å². The second-order valence-corrected chi connectivity index (χ2v) is 14.7. The van der Waals surface area contributed by atoms with E-state index in [0.717, 1.165) is 21.9 Å². The Kier molecular flexibility index (Phi) is 7.23. The lowest BCUT2D eigenvalue weighted by molar-refractivity contribution is -0.123. The van der Waals surface area contributed by atoms with Crippen molar-refractivity contribution in [1.29, 1.82) is 0 Å². The largest absolute Gasteiger partial charge is 0.497 e. The van der Waals surface area contributed by atoms with Crippen molar-refractivity contribution < 1.29 is 23.9 Å². The smallest absolute Gasteiger partial charge is 0.305 e. The van der Waals surface area contributed by atoms with Gasteiger partial charge in [0.1, 0.15) is 11.5 Å². The molecule has 1 saturated heterocycles. The summed E-state index contributed by atoms with van der Waals surface area (Å²) in [6, 6.07) is 21.5. The first-order valence-electron chi connectivity index (χ1n) is 15.0. The van der Waals surface area contributed by atoms with Crippen LogP contribution < -0.4 is 24.6 Å². The number of halogens is 1. The third-order valence-corrected chi connectivity index (χ3v) is 12.6. The predicted molar refractivity (Wildman–Crippen MR) is 176 cm³/mol. The summed E-state index contributed by atoms with van der Waals surface area (Å²) in [6.07, 6.45) is 0.809. The van der Waals surface area contributed by atoms with Gasteiger partial charge in [-0.3, -0.25) is 24.1 Å². The molecule has 2 N–H and O–H groups in total. The Morgan fingerprint density at radius 3 is 2.30 bits per heavy atom. The van der Waals surface area contributed by atoms with Crippen LogP contribution in [0.1, 0.15) is 22.8 Å². The highest BCUT2D eigenvalue weighted by molar-refractivity contribution is 8.00. The van der Waals surface area contributed by atoms with Crippen molar-refractivity contribution >= 4 is 63.8 Å². The van der Waals surface area contributed by atoms with E-state index < -0.39 is 0 Å². The molecule has 3 aromatic carbocycles. The summed E-state index contributed by atoms with van der Waals surface area (Å²) in [4.78, 5) is 58.0. The van der Waals surface area contributed by atoms with Gasteiger partial charge in [-0.2, -0.15) is 0 Å². The van der Waals surface area contributed by atoms with Crippen molar-refractivity contribution in [3.05, 3.63) is 97.9 Å². The first-order chi connectivity index (χ1) is 22.3. The quantitative estimate of drug-likeness (QED) is 0.238. The summed E-state index contributed by atoms with van der Waals surface area (Å²) in [6.45, 7) is -0.160. The molecule has 12 heteroatoms. The van der Waals surface area contributed by atoms with Crippen molar-refractivity contribution in [3.8, 4) is 11.5 Å². The van der Waals surface area contributed by atoms with E-state index in [9.17, 15) is 19.2 Å². The molecule has 46 heavy (non-hydrogen) atoms. The summed E-state index contributed by atoms with van der Waals surface area (Å²) >= 11 is 8.95. The van der Waals surface area contributed by atoms with E-state index in [4.69, 9.17) is 21.1 Å². The Hall–Kier alpha value is -4.06. The van der Waals surface area contributed by atoms with Gasteiger partial charge in [-0.05, 0) is 90.4 Å². The third-order valence-electron chi connectivity index (χ3n) is 9.79. The van der Waals surface area contributed by atoms with E-state index in [0.29, 0.717) is 27.9 Å². The lowest BCUT2D eigenvalue weighted by atomic mass is 9.68. The number of imide groups is 1. The van der Waals surface area contributed by atoms with Gasteiger partial charge in [0, 0.05) is 26.8 Å². The minimum absolute atomic E-state index is 0.00850. The number of hydrogen-bond donors (Lipinski definition) is 2. The zero-order valence-corrected chi connectivity index (χ0v) is 26.9. The summed E-state index contributed by atoms with van der Waals surface area (Å²) < 4.78 is 10.9. The number of H-pyrrole nitrogens is 1.